The van der Waals surface area contributed by atoms with Gasteiger partial charge in [-0.1, -0.05) is 0 Å². The van der Waals surface area contributed by atoms with E-state index in [1.54, 1.807) is 0 Å². The maximum atomic E-state index is 6.43. The highest BCUT2D eigenvalue weighted by molar-refractivity contribution is 5.73. The van der Waals surface area contributed by atoms with Crippen LogP contribution >= 0.6 is 0 Å². The van der Waals surface area contributed by atoms with Gasteiger partial charge in [-0.25, -0.2) is 4.99 Å². The quantitative estimate of drug-likeness (QED) is 0.417. The third-order valence-electron chi connectivity index (χ3n) is 3.67. The van der Waals surface area contributed by atoms with Crippen LogP contribution in [0, 0.1) is 6.92 Å². The van der Waals surface area contributed by atoms with Crippen LogP contribution in [0.25, 0.3) is 0 Å². The third kappa shape index (κ3) is 2.12. The van der Waals surface area contributed by atoms with E-state index in [0.29, 0.717) is 6.67 Å². The van der Waals surface area contributed by atoms with Crippen LogP contribution in [0.2, 0.25) is 0 Å². The van der Waals surface area contributed by atoms with Crippen LogP contribution < -0.4 is 21.5 Å². The summed E-state index contributed by atoms with van der Waals surface area (Å²) in [5.74, 6) is 6.43. The zero-order valence-electron chi connectivity index (χ0n) is 11.3. The van der Waals surface area contributed by atoms with Crippen LogP contribution in [0.4, 0.5) is 11.4 Å². The number of quaternary nitrogens is 1. The lowest BCUT2D eigenvalue weighted by Gasteiger charge is -2.32. The second-order valence-corrected chi connectivity index (χ2v) is 4.99. The molecule has 0 fully saturated rings. The Balaban J connectivity index is 2.58. The van der Waals surface area contributed by atoms with Crippen molar-refractivity contribution >= 4 is 17.6 Å². The minimum Gasteiger partial charge on any atom is -0.373 e. The van der Waals surface area contributed by atoms with E-state index < -0.39 is 0 Å². The molecule has 2 unspecified atom stereocenters. The lowest BCUT2D eigenvalue weighted by atomic mass is 10.0. The fourth-order valence-corrected chi connectivity index (χ4v) is 2.35. The highest BCUT2D eigenvalue weighted by atomic mass is 15.6. The van der Waals surface area contributed by atoms with Gasteiger partial charge >= 0.3 is 0 Å². The molecule has 2 rings (SSSR count). The molecule has 2 atom stereocenters. The molecule has 98 valence electrons. The van der Waals surface area contributed by atoms with Gasteiger partial charge in [0.1, 0.15) is 0 Å². The van der Waals surface area contributed by atoms with E-state index in [0.717, 1.165) is 17.8 Å². The van der Waals surface area contributed by atoms with Gasteiger partial charge in [-0.15, -0.1) is 0 Å². The predicted molar refractivity (Wildman–Crippen MR) is 77.4 cm³/mol. The second kappa shape index (κ2) is 4.68. The summed E-state index contributed by atoms with van der Waals surface area (Å²) in [7, 11) is 1.98. The van der Waals surface area contributed by atoms with Gasteiger partial charge in [0.05, 0.1) is 13.7 Å². The zero-order chi connectivity index (χ0) is 13.3. The van der Waals surface area contributed by atoms with Crippen molar-refractivity contribution < 1.29 is 0 Å². The number of nitrogens with one attached hydrogen (secondary N) is 1. The average Bonchev–Trinajstić information content (AvgIpc) is 2.40. The van der Waals surface area contributed by atoms with Gasteiger partial charge in [-0.2, -0.15) is 10.4 Å². The van der Waals surface area contributed by atoms with Gasteiger partial charge < -0.3 is 11.1 Å². The number of nitrogens with zero attached hydrogens (tertiary/aromatic N) is 2. The summed E-state index contributed by atoms with van der Waals surface area (Å²) in [5, 5.41) is 3.14. The van der Waals surface area contributed by atoms with Crippen molar-refractivity contribution in [3.8, 4) is 0 Å². The molecule has 5 nitrogen and oxygen atoms in total. The van der Waals surface area contributed by atoms with Crippen LogP contribution in [-0.2, 0) is 6.42 Å². The molecule has 1 aromatic rings. The van der Waals surface area contributed by atoms with Crippen molar-refractivity contribution in [1.82, 2.24) is 4.59 Å². The van der Waals surface area contributed by atoms with Crippen molar-refractivity contribution in [2.75, 3.05) is 19.0 Å². The Labute approximate surface area is 108 Å². The number of anilines is 1. The molecule has 18 heavy (non-hydrogen) atoms. The fourth-order valence-electron chi connectivity index (χ4n) is 2.35. The molecular weight excluding hydrogens is 226 g/mol. The Kier molecular flexibility index (Phi) is 3.38. The summed E-state index contributed by atoms with van der Waals surface area (Å²) in [5.41, 5.74) is 10.1. The van der Waals surface area contributed by atoms with Gasteiger partial charge in [0, 0.05) is 36.9 Å². The van der Waals surface area contributed by atoms with Crippen molar-refractivity contribution in [3.05, 3.63) is 23.3 Å². The van der Waals surface area contributed by atoms with Crippen LogP contribution in [0.15, 0.2) is 17.1 Å². The Morgan fingerprint density at radius 2 is 2.22 bits per heavy atom. The maximum Gasteiger partial charge on any atom is 0.201 e. The van der Waals surface area contributed by atoms with Crippen LogP contribution in [0.5, 0.6) is 0 Å². The van der Waals surface area contributed by atoms with E-state index in [1.165, 1.54) is 11.1 Å². The first kappa shape index (κ1) is 13.0. The molecule has 1 aromatic carbocycles. The van der Waals surface area contributed by atoms with Crippen LogP contribution in [-0.4, -0.2) is 26.1 Å². The highest BCUT2D eigenvalue weighted by Gasteiger charge is 2.33. The standard InChI is InChI=1S/C13H22N5/c1-9-6-11(17-8-14)7-13-12(9)4-5-16-10(2)18(13,3)15/h5-7,10,17H,4,8,14-15H2,1-3H3/q+1. The number of nitrogens with two attached hydrogens (primary N) is 2. The molecular formula is C13H22N5+. The minimum absolute atomic E-state index is 0.0128. The minimum atomic E-state index is 0.0128. The molecule has 5 heteroatoms. The van der Waals surface area contributed by atoms with Gasteiger partial charge in [-0.05, 0) is 18.6 Å². The van der Waals surface area contributed by atoms with Gasteiger partial charge in [0.25, 0.3) is 0 Å². The number of hydrogen-bond donors (Lipinski definition) is 3. The molecule has 1 aliphatic heterocycles. The summed E-state index contributed by atoms with van der Waals surface area (Å²) >= 11 is 0. The molecule has 1 heterocycles. The Morgan fingerprint density at radius 1 is 1.50 bits per heavy atom. The lowest BCUT2D eigenvalue weighted by Crippen LogP contribution is -2.57. The molecule has 1 aliphatic rings. The monoisotopic (exact) mass is 248 g/mol. The zero-order valence-corrected chi connectivity index (χ0v) is 11.3. The molecule has 0 aliphatic carbocycles. The summed E-state index contributed by atoms with van der Waals surface area (Å²) in [6.07, 6.45) is 2.81. The molecule has 0 aromatic heterocycles. The van der Waals surface area contributed by atoms with Crippen molar-refractivity contribution in [2.24, 2.45) is 16.6 Å². The molecule has 0 saturated carbocycles. The van der Waals surface area contributed by atoms with E-state index in [1.807, 2.05) is 20.2 Å². The van der Waals surface area contributed by atoms with Gasteiger partial charge in [0.15, 0.2) is 5.69 Å². The maximum absolute atomic E-state index is 6.43. The lowest BCUT2D eigenvalue weighted by molar-refractivity contribution is 0.273. The third-order valence-corrected chi connectivity index (χ3v) is 3.67. The number of aryl methyl sites for hydroxylation is 1. The Bertz CT molecular complexity index is 479. The van der Waals surface area contributed by atoms with Crippen LogP contribution in [0.3, 0.4) is 0 Å². The topological polar surface area (TPSA) is 76.4 Å². The van der Waals surface area contributed by atoms with E-state index >= 15 is 0 Å². The number of fused-ring (bicyclic) bond motifs is 1. The van der Waals surface area contributed by atoms with Crippen LogP contribution in [0.1, 0.15) is 18.1 Å². The number of benzene rings is 1. The highest BCUT2D eigenvalue weighted by Crippen LogP contribution is 2.33. The summed E-state index contributed by atoms with van der Waals surface area (Å²) in [6, 6.07) is 4.19. The first-order valence-electron chi connectivity index (χ1n) is 6.21. The van der Waals surface area contributed by atoms with E-state index in [4.69, 9.17) is 11.6 Å². The molecule has 5 N–H and O–H groups in total. The molecule has 0 saturated heterocycles. The smallest absolute Gasteiger partial charge is 0.201 e. The van der Waals surface area contributed by atoms with Gasteiger partial charge in [-0.3, -0.25) is 0 Å². The SMILES string of the molecule is Cc1cc(NCN)cc2c1CC=NC(C)[N+]2(C)N. The number of rotatable bonds is 2. The summed E-state index contributed by atoms with van der Waals surface area (Å²) in [6.45, 7) is 4.55. The van der Waals surface area contributed by atoms with Crippen molar-refractivity contribution in [2.45, 2.75) is 26.4 Å². The van der Waals surface area contributed by atoms with Crippen molar-refractivity contribution in [1.29, 1.82) is 0 Å². The average molecular weight is 248 g/mol. The van der Waals surface area contributed by atoms with E-state index in [-0.39, 0.29) is 10.8 Å². The normalized spacial score (nSPS) is 26.6. The number of aliphatic imine (C=N–C) groups is 1. The first-order valence-corrected chi connectivity index (χ1v) is 6.21. The fraction of sp³-hybridized carbons (Fsp3) is 0.462. The Morgan fingerprint density at radius 3 is 2.89 bits per heavy atom. The predicted octanol–water partition coefficient (Wildman–Crippen LogP) is 1.11. The molecule has 0 bridgehead atoms. The second-order valence-electron chi connectivity index (χ2n) is 4.99. The van der Waals surface area contributed by atoms with E-state index in [9.17, 15) is 0 Å². The number of hydrogen-bond acceptors (Lipinski definition) is 4. The first-order chi connectivity index (χ1) is 8.46. The molecule has 0 radical (unpaired) electrons. The molecule has 0 amide bonds. The van der Waals surface area contributed by atoms with Crippen molar-refractivity contribution in [3.63, 3.8) is 0 Å². The largest absolute Gasteiger partial charge is 0.373 e. The summed E-state index contributed by atoms with van der Waals surface area (Å²) in [4.78, 5) is 4.48. The Hall–Kier alpha value is -1.43. The van der Waals surface area contributed by atoms with E-state index in [2.05, 4.69) is 29.4 Å². The summed E-state index contributed by atoms with van der Waals surface area (Å²) < 4.78 is 0.271. The molecule has 0 spiro atoms. The van der Waals surface area contributed by atoms with Gasteiger partial charge in [0.2, 0.25) is 6.17 Å².